The Morgan fingerprint density at radius 3 is 2.67 bits per heavy atom. The topological polar surface area (TPSA) is 29.1 Å². The predicted molar refractivity (Wildman–Crippen MR) is 66.2 cm³/mol. The van der Waals surface area contributed by atoms with Crippen LogP contribution in [0.5, 0.6) is 0 Å². The molecule has 0 radical (unpaired) electrons. The predicted octanol–water partition coefficient (Wildman–Crippen LogP) is 3.11. The number of allylic oxidation sites excluding steroid dienone is 1. The Labute approximate surface area is 98.1 Å². The van der Waals surface area contributed by atoms with E-state index in [9.17, 15) is 4.79 Å². The van der Waals surface area contributed by atoms with Gasteiger partial charge >= 0.3 is 0 Å². The van der Waals surface area contributed by atoms with Crippen molar-refractivity contribution in [1.82, 2.24) is 5.32 Å². The van der Waals surface area contributed by atoms with E-state index in [4.69, 9.17) is 11.6 Å². The lowest BCUT2D eigenvalue weighted by atomic mass is 9.98. The fraction of sp³-hybridized carbons (Fsp3) is 0.750. The second-order valence-corrected chi connectivity index (χ2v) is 3.93. The van der Waals surface area contributed by atoms with Gasteiger partial charge in [-0.1, -0.05) is 38.8 Å². The zero-order valence-corrected chi connectivity index (χ0v) is 10.5. The third kappa shape index (κ3) is 7.43. The zero-order valence-electron chi connectivity index (χ0n) is 9.76. The average Bonchev–Trinajstić information content (AvgIpc) is 2.25. The van der Waals surface area contributed by atoms with Crippen molar-refractivity contribution >= 4 is 17.5 Å². The Hall–Kier alpha value is -0.500. The molecule has 0 aliphatic carbocycles. The van der Waals surface area contributed by atoms with Crippen LogP contribution >= 0.6 is 11.6 Å². The number of amides is 1. The number of carbonyl (C=O) groups excluding carboxylic acids is 1. The standard InChI is InChI=1S/C12H22ClNO/c1-3-5-8-11(4-2)12(15)14-10-7-6-9-13/h6-7,11H,3-5,8-10H2,1-2H3,(H,14,15)/b7-6+. The molecule has 0 spiro atoms. The van der Waals surface area contributed by atoms with Crippen molar-refractivity contribution in [3.8, 4) is 0 Å². The van der Waals surface area contributed by atoms with Gasteiger partial charge in [0.15, 0.2) is 0 Å². The molecule has 0 fully saturated rings. The summed E-state index contributed by atoms with van der Waals surface area (Å²) in [7, 11) is 0. The first-order chi connectivity index (χ1) is 7.26. The van der Waals surface area contributed by atoms with E-state index < -0.39 is 0 Å². The zero-order chi connectivity index (χ0) is 11.5. The Morgan fingerprint density at radius 1 is 1.40 bits per heavy atom. The van der Waals surface area contributed by atoms with Crippen molar-refractivity contribution in [2.45, 2.75) is 39.5 Å². The number of hydrogen-bond donors (Lipinski definition) is 1. The minimum atomic E-state index is 0.171. The van der Waals surface area contributed by atoms with E-state index in [1.54, 1.807) is 0 Å². The molecule has 1 N–H and O–H groups in total. The molecule has 0 aliphatic heterocycles. The highest BCUT2D eigenvalue weighted by atomic mass is 35.5. The molecular weight excluding hydrogens is 210 g/mol. The highest BCUT2D eigenvalue weighted by Crippen LogP contribution is 2.12. The van der Waals surface area contributed by atoms with Crippen molar-refractivity contribution < 1.29 is 4.79 Å². The van der Waals surface area contributed by atoms with Crippen molar-refractivity contribution in [3.05, 3.63) is 12.2 Å². The Bertz CT molecular complexity index is 192. The molecule has 0 rings (SSSR count). The van der Waals surface area contributed by atoms with Crippen LogP contribution in [-0.4, -0.2) is 18.3 Å². The van der Waals surface area contributed by atoms with E-state index in [1.807, 2.05) is 12.2 Å². The summed E-state index contributed by atoms with van der Waals surface area (Å²) in [4.78, 5) is 11.7. The minimum Gasteiger partial charge on any atom is -0.352 e. The maximum absolute atomic E-state index is 11.7. The molecule has 0 heterocycles. The largest absolute Gasteiger partial charge is 0.352 e. The van der Waals surface area contributed by atoms with Crippen LogP contribution in [-0.2, 0) is 4.79 Å². The van der Waals surface area contributed by atoms with Crippen LogP contribution in [0.15, 0.2) is 12.2 Å². The van der Waals surface area contributed by atoms with Gasteiger partial charge in [0.2, 0.25) is 5.91 Å². The van der Waals surface area contributed by atoms with Crippen LogP contribution in [0.2, 0.25) is 0 Å². The quantitative estimate of drug-likeness (QED) is 0.505. The van der Waals surface area contributed by atoms with Gasteiger partial charge in [0.1, 0.15) is 0 Å². The lowest BCUT2D eigenvalue weighted by Crippen LogP contribution is -2.30. The van der Waals surface area contributed by atoms with Crippen LogP contribution in [0.3, 0.4) is 0 Å². The van der Waals surface area contributed by atoms with Gasteiger partial charge in [-0.2, -0.15) is 0 Å². The fourth-order valence-electron chi connectivity index (χ4n) is 1.42. The molecule has 0 aromatic heterocycles. The van der Waals surface area contributed by atoms with Crippen molar-refractivity contribution in [2.24, 2.45) is 5.92 Å². The van der Waals surface area contributed by atoms with Gasteiger partial charge in [-0.05, 0) is 12.8 Å². The van der Waals surface area contributed by atoms with Gasteiger partial charge in [0.25, 0.3) is 0 Å². The third-order valence-electron chi connectivity index (χ3n) is 2.42. The molecule has 0 aromatic carbocycles. The Kier molecular flexibility index (Phi) is 9.70. The molecule has 88 valence electrons. The second kappa shape index (κ2) is 10.0. The molecule has 0 saturated heterocycles. The molecule has 3 heteroatoms. The average molecular weight is 232 g/mol. The first-order valence-corrected chi connectivity index (χ1v) is 6.28. The van der Waals surface area contributed by atoms with Gasteiger partial charge < -0.3 is 5.32 Å². The van der Waals surface area contributed by atoms with E-state index in [1.165, 1.54) is 0 Å². The number of alkyl halides is 1. The second-order valence-electron chi connectivity index (χ2n) is 3.62. The summed E-state index contributed by atoms with van der Waals surface area (Å²) >= 11 is 5.48. The normalized spacial score (nSPS) is 13.0. The van der Waals surface area contributed by atoms with E-state index in [0.717, 1.165) is 25.7 Å². The van der Waals surface area contributed by atoms with Crippen LogP contribution < -0.4 is 5.32 Å². The SMILES string of the molecule is CCCCC(CC)C(=O)NC/C=C/CCl. The van der Waals surface area contributed by atoms with E-state index in [2.05, 4.69) is 19.2 Å². The molecule has 0 saturated carbocycles. The summed E-state index contributed by atoms with van der Waals surface area (Å²) in [5.74, 6) is 0.850. The monoisotopic (exact) mass is 231 g/mol. The Morgan fingerprint density at radius 2 is 2.13 bits per heavy atom. The van der Waals surface area contributed by atoms with E-state index >= 15 is 0 Å². The maximum atomic E-state index is 11.7. The summed E-state index contributed by atoms with van der Waals surface area (Å²) < 4.78 is 0. The maximum Gasteiger partial charge on any atom is 0.223 e. The summed E-state index contributed by atoms with van der Waals surface area (Å²) in [6.45, 7) is 4.80. The summed E-state index contributed by atoms with van der Waals surface area (Å²) in [6, 6.07) is 0. The van der Waals surface area contributed by atoms with Gasteiger partial charge in [0, 0.05) is 18.3 Å². The van der Waals surface area contributed by atoms with E-state index in [0.29, 0.717) is 12.4 Å². The molecule has 0 aliphatic rings. The van der Waals surface area contributed by atoms with Gasteiger partial charge in [0.05, 0.1) is 0 Å². The summed E-state index contributed by atoms with van der Waals surface area (Å²) in [5, 5.41) is 2.89. The molecule has 0 bridgehead atoms. The first kappa shape index (κ1) is 14.5. The lowest BCUT2D eigenvalue weighted by molar-refractivity contribution is -0.125. The van der Waals surface area contributed by atoms with Crippen LogP contribution in [0.25, 0.3) is 0 Å². The number of hydrogen-bond acceptors (Lipinski definition) is 1. The highest BCUT2D eigenvalue weighted by molar-refractivity contribution is 6.18. The van der Waals surface area contributed by atoms with E-state index in [-0.39, 0.29) is 11.8 Å². The lowest BCUT2D eigenvalue weighted by Gasteiger charge is -2.13. The summed E-state index contributed by atoms with van der Waals surface area (Å²) in [5.41, 5.74) is 0. The molecule has 1 unspecified atom stereocenters. The molecule has 15 heavy (non-hydrogen) atoms. The molecule has 1 amide bonds. The molecule has 1 atom stereocenters. The minimum absolute atomic E-state index is 0.171. The van der Waals surface area contributed by atoms with Gasteiger partial charge in [-0.25, -0.2) is 0 Å². The van der Waals surface area contributed by atoms with Crippen LogP contribution in [0.1, 0.15) is 39.5 Å². The summed E-state index contributed by atoms with van der Waals surface area (Å²) in [6.07, 6.45) is 7.93. The number of nitrogens with one attached hydrogen (secondary N) is 1. The Balaban J connectivity index is 3.77. The number of halogens is 1. The van der Waals surface area contributed by atoms with Gasteiger partial charge in [-0.15, -0.1) is 11.6 Å². The van der Waals surface area contributed by atoms with Crippen LogP contribution in [0, 0.1) is 5.92 Å². The van der Waals surface area contributed by atoms with Gasteiger partial charge in [-0.3, -0.25) is 4.79 Å². The number of unbranched alkanes of at least 4 members (excludes halogenated alkanes) is 1. The fourth-order valence-corrected chi connectivity index (χ4v) is 1.55. The van der Waals surface area contributed by atoms with Crippen molar-refractivity contribution in [3.63, 3.8) is 0 Å². The molecular formula is C12H22ClNO. The first-order valence-electron chi connectivity index (χ1n) is 5.74. The molecule has 0 aromatic rings. The smallest absolute Gasteiger partial charge is 0.223 e. The number of rotatable bonds is 8. The third-order valence-corrected chi connectivity index (χ3v) is 2.60. The molecule has 2 nitrogen and oxygen atoms in total. The highest BCUT2D eigenvalue weighted by Gasteiger charge is 2.14. The van der Waals surface area contributed by atoms with Crippen LogP contribution in [0.4, 0.5) is 0 Å². The van der Waals surface area contributed by atoms with Crippen molar-refractivity contribution in [2.75, 3.05) is 12.4 Å². The number of carbonyl (C=O) groups is 1. The van der Waals surface area contributed by atoms with Crippen molar-refractivity contribution in [1.29, 1.82) is 0 Å².